The van der Waals surface area contributed by atoms with Crippen molar-refractivity contribution in [3.8, 4) is 5.75 Å². The van der Waals surface area contributed by atoms with Gasteiger partial charge in [-0.05, 0) is 36.8 Å². The largest absolute Gasteiger partial charge is 0.494 e. The Bertz CT molecular complexity index is 1270. The fraction of sp³-hybridized carbons (Fsp3) is 0.333. The van der Waals surface area contributed by atoms with E-state index in [9.17, 15) is 12.8 Å². The summed E-state index contributed by atoms with van der Waals surface area (Å²) < 4.78 is 43.8. The van der Waals surface area contributed by atoms with E-state index < -0.39 is 15.7 Å². The van der Waals surface area contributed by atoms with Crippen molar-refractivity contribution >= 4 is 21.3 Å². The van der Waals surface area contributed by atoms with Crippen LogP contribution in [0.5, 0.6) is 5.75 Å². The summed E-state index contributed by atoms with van der Waals surface area (Å²) in [5.41, 5.74) is 5.52. The van der Waals surface area contributed by atoms with Crippen molar-refractivity contribution in [3.05, 3.63) is 76.1 Å². The van der Waals surface area contributed by atoms with Gasteiger partial charge in [-0.15, -0.1) is 0 Å². The molecule has 0 saturated heterocycles. The Morgan fingerprint density at radius 1 is 1.16 bits per heavy atom. The summed E-state index contributed by atoms with van der Waals surface area (Å²) in [7, 11) is 0.133. The fourth-order valence-corrected chi connectivity index (χ4v) is 4.88. The number of rotatable bonds is 5. The van der Waals surface area contributed by atoms with Crippen LogP contribution in [0.25, 0.3) is 0 Å². The van der Waals surface area contributed by atoms with E-state index in [-0.39, 0.29) is 23.3 Å². The molecule has 0 radical (unpaired) electrons. The average Bonchev–Trinajstić information content (AvgIpc) is 2.88. The Hall–Kier alpha value is -3.00. The standard InChI is InChI=1S/C24H26FN3O3S/c1-5-32(29,30)14-16-6-8-19-20(12-16)24-18(10-11-28(3)27-24)15(2)26-23(19)17-7-9-21(25)22(13-17)31-4/h6-10,12-13,15H,5,11,14H2,1-4H3. The monoisotopic (exact) mass is 455 g/mol. The minimum absolute atomic E-state index is 0.0364. The van der Waals surface area contributed by atoms with Gasteiger partial charge in [-0.3, -0.25) is 10.0 Å². The summed E-state index contributed by atoms with van der Waals surface area (Å²) in [6.45, 7) is 4.31. The van der Waals surface area contributed by atoms with Gasteiger partial charge in [-0.25, -0.2) is 12.8 Å². The van der Waals surface area contributed by atoms with Crippen molar-refractivity contribution in [2.24, 2.45) is 10.1 Å². The molecule has 6 nitrogen and oxygen atoms in total. The van der Waals surface area contributed by atoms with Crippen LogP contribution in [0.2, 0.25) is 0 Å². The Balaban J connectivity index is 1.94. The summed E-state index contributed by atoms with van der Waals surface area (Å²) in [4.78, 5) is 4.98. The van der Waals surface area contributed by atoms with Crippen molar-refractivity contribution in [1.82, 2.24) is 5.01 Å². The Kier molecular flexibility index (Phi) is 5.90. The molecular formula is C24H26FN3O3S. The topological polar surface area (TPSA) is 71.3 Å². The van der Waals surface area contributed by atoms with Gasteiger partial charge >= 0.3 is 0 Å². The number of nitrogens with zero attached hydrogens (tertiary/aromatic N) is 3. The predicted octanol–water partition coefficient (Wildman–Crippen LogP) is 3.58. The Labute approximate surface area is 188 Å². The van der Waals surface area contributed by atoms with Crippen LogP contribution in [0.15, 0.2) is 58.1 Å². The third-order valence-corrected chi connectivity index (χ3v) is 7.39. The number of likely N-dealkylation sites (N-methyl/N-ethyl adjacent to an activating group) is 1. The zero-order chi connectivity index (χ0) is 23.0. The third kappa shape index (κ3) is 4.19. The summed E-state index contributed by atoms with van der Waals surface area (Å²) >= 11 is 0. The lowest BCUT2D eigenvalue weighted by Crippen LogP contribution is -2.26. The zero-order valence-corrected chi connectivity index (χ0v) is 19.4. The number of hydrazone groups is 1. The number of aliphatic imine (C=N–C) groups is 1. The van der Waals surface area contributed by atoms with Crippen LogP contribution in [0.4, 0.5) is 4.39 Å². The highest BCUT2D eigenvalue weighted by molar-refractivity contribution is 7.90. The van der Waals surface area contributed by atoms with Crippen LogP contribution in [0.1, 0.15) is 36.1 Å². The van der Waals surface area contributed by atoms with Crippen LogP contribution in [0.3, 0.4) is 0 Å². The number of ether oxygens (including phenoxy) is 1. The van der Waals surface area contributed by atoms with Crippen LogP contribution in [0, 0.1) is 5.82 Å². The minimum Gasteiger partial charge on any atom is -0.494 e. The first-order valence-electron chi connectivity index (χ1n) is 10.5. The number of sulfone groups is 1. The van der Waals surface area contributed by atoms with Crippen molar-refractivity contribution in [2.45, 2.75) is 25.6 Å². The minimum atomic E-state index is -3.19. The van der Waals surface area contributed by atoms with Gasteiger partial charge in [0.2, 0.25) is 0 Å². The SMILES string of the molecule is CCS(=O)(=O)Cc1ccc2c(c1)C1=NN(C)CC=C1C(C)N=C2c1ccc(F)c(OC)c1. The molecule has 2 aromatic rings. The highest BCUT2D eigenvalue weighted by Crippen LogP contribution is 2.31. The van der Waals surface area contributed by atoms with E-state index >= 15 is 0 Å². The molecule has 0 bridgehead atoms. The maximum Gasteiger partial charge on any atom is 0.165 e. The molecule has 0 N–H and O–H groups in total. The van der Waals surface area contributed by atoms with Gasteiger partial charge in [0.05, 0.1) is 36.9 Å². The smallest absolute Gasteiger partial charge is 0.165 e. The second-order valence-corrected chi connectivity index (χ2v) is 10.4. The maximum atomic E-state index is 14.1. The van der Waals surface area contributed by atoms with E-state index in [2.05, 4.69) is 6.08 Å². The van der Waals surface area contributed by atoms with Crippen molar-refractivity contribution < 1.29 is 17.5 Å². The van der Waals surface area contributed by atoms with Gasteiger partial charge < -0.3 is 4.74 Å². The molecule has 1 unspecified atom stereocenters. The lowest BCUT2D eigenvalue weighted by atomic mass is 9.90. The highest BCUT2D eigenvalue weighted by Gasteiger charge is 2.29. The number of methoxy groups -OCH3 is 1. The molecule has 2 aliphatic heterocycles. The molecule has 4 rings (SSSR count). The molecule has 0 aromatic heterocycles. The van der Waals surface area contributed by atoms with Crippen molar-refractivity contribution in [1.29, 1.82) is 0 Å². The van der Waals surface area contributed by atoms with Crippen LogP contribution >= 0.6 is 0 Å². The average molecular weight is 456 g/mol. The molecule has 32 heavy (non-hydrogen) atoms. The summed E-state index contributed by atoms with van der Waals surface area (Å²) in [6.07, 6.45) is 2.10. The second kappa shape index (κ2) is 8.50. The summed E-state index contributed by atoms with van der Waals surface area (Å²) in [5.74, 6) is -0.257. The predicted molar refractivity (Wildman–Crippen MR) is 125 cm³/mol. The van der Waals surface area contributed by atoms with Gasteiger partial charge in [-0.2, -0.15) is 5.10 Å². The van der Waals surface area contributed by atoms with E-state index in [1.165, 1.54) is 13.2 Å². The van der Waals surface area contributed by atoms with Crippen molar-refractivity contribution in [2.75, 3.05) is 26.5 Å². The molecule has 8 heteroatoms. The van der Waals surface area contributed by atoms with Crippen LogP contribution < -0.4 is 4.74 Å². The number of halogens is 1. The molecule has 0 aliphatic carbocycles. The van der Waals surface area contributed by atoms with Gasteiger partial charge in [0, 0.05) is 35.1 Å². The van der Waals surface area contributed by atoms with Crippen LogP contribution in [-0.2, 0) is 15.6 Å². The zero-order valence-electron chi connectivity index (χ0n) is 18.6. The number of benzene rings is 2. The van der Waals surface area contributed by atoms with E-state index in [4.69, 9.17) is 14.8 Å². The first-order valence-corrected chi connectivity index (χ1v) is 12.3. The van der Waals surface area contributed by atoms with Gasteiger partial charge in [0.25, 0.3) is 0 Å². The molecule has 1 atom stereocenters. The van der Waals surface area contributed by atoms with E-state index in [1.54, 1.807) is 19.1 Å². The molecule has 0 fully saturated rings. The van der Waals surface area contributed by atoms with Gasteiger partial charge in [0.1, 0.15) is 0 Å². The number of hydrogen-bond donors (Lipinski definition) is 0. The lowest BCUT2D eigenvalue weighted by Gasteiger charge is -2.23. The molecule has 2 aliphatic rings. The summed E-state index contributed by atoms with van der Waals surface area (Å²) in [6, 6.07) is 10.1. The van der Waals surface area contributed by atoms with E-state index in [0.717, 1.165) is 28.0 Å². The van der Waals surface area contributed by atoms with Crippen LogP contribution in [-0.4, -0.2) is 57.3 Å². The quantitative estimate of drug-likeness (QED) is 0.691. The first-order chi connectivity index (χ1) is 15.2. The van der Waals surface area contributed by atoms with E-state index in [1.807, 2.05) is 37.2 Å². The molecule has 2 aromatic carbocycles. The maximum absolute atomic E-state index is 14.1. The summed E-state index contributed by atoms with van der Waals surface area (Å²) in [5, 5.41) is 6.61. The molecular weight excluding hydrogens is 429 g/mol. The normalized spacial score (nSPS) is 18.1. The van der Waals surface area contributed by atoms with E-state index in [0.29, 0.717) is 17.8 Å². The number of hydrogen-bond acceptors (Lipinski definition) is 6. The molecule has 2 heterocycles. The molecule has 0 spiro atoms. The Morgan fingerprint density at radius 3 is 2.66 bits per heavy atom. The molecule has 0 amide bonds. The molecule has 168 valence electrons. The van der Waals surface area contributed by atoms with Crippen molar-refractivity contribution in [3.63, 3.8) is 0 Å². The highest BCUT2D eigenvalue weighted by atomic mass is 32.2. The van der Waals surface area contributed by atoms with Gasteiger partial charge in [-0.1, -0.05) is 25.1 Å². The third-order valence-electron chi connectivity index (χ3n) is 5.74. The van der Waals surface area contributed by atoms with Gasteiger partial charge in [0.15, 0.2) is 21.4 Å². The fourth-order valence-electron chi connectivity index (χ4n) is 3.98. The second-order valence-electron chi connectivity index (χ2n) is 8.01. The molecule has 0 saturated carbocycles. The number of fused-ring (bicyclic) bond motifs is 3. The lowest BCUT2D eigenvalue weighted by molar-refractivity contribution is 0.386. The first kappa shape index (κ1) is 22.2. The Morgan fingerprint density at radius 2 is 1.94 bits per heavy atom.